The van der Waals surface area contributed by atoms with Crippen molar-refractivity contribution in [2.45, 2.75) is 25.1 Å². The summed E-state index contributed by atoms with van der Waals surface area (Å²) in [6, 6.07) is 1.55. The molecule has 2 rings (SSSR count). The normalized spacial score (nSPS) is 24.6. The van der Waals surface area contributed by atoms with E-state index < -0.39 is 0 Å². The standard InChI is InChI=1S/C10H15N3O3/c1-15-8-4-9(11-6-8)10(14)12-5-7-2-3-16-13-7/h2-3,8-9,11H,4-6H2,1H3,(H,12,14). The zero-order valence-electron chi connectivity index (χ0n) is 9.10. The molecule has 2 unspecified atom stereocenters. The average Bonchev–Trinajstić information content (AvgIpc) is 2.96. The Hall–Kier alpha value is -1.40. The first kappa shape index (κ1) is 11.1. The first-order chi connectivity index (χ1) is 7.79. The van der Waals surface area contributed by atoms with Gasteiger partial charge >= 0.3 is 0 Å². The summed E-state index contributed by atoms with van der Waals surface area (Å²) in [7, 11) is 1.65. The molecule has 2 atom stereocenters. The van der Waals surface area contributed by atoms with Crippen LogP contribution in [0.3, 0.4) is 0 Å². The van der Waals surface area contributed by atoms with Crippen molar-refractivity contribution >= 4 is 5.91 Å². The summed E-state index contributed by atoms with van der Waals surface area (Å²) in [6.45, 7) is 1.11. The molecule has 1 aliphatic heterocycles. The highest BCUT2D eigenvalue weighted by Gasteiger charge is 2.28. The number of rotatable bonds is 4. The smallest absolute Gasteiger partial charge is 0.237 e. The molecule has 0 saturated carbocycles. The van der Waals surface area contributed by atoms with Gasteiger partial charge in [-0.1, -0.05) is 5.16 Å². The molecule has 0 aromatic carbocycles. The van der Waals surface area contributed by atoms with Gasteiger partial charge in [-0.2, -0.15) is 0 Å². The zero-order valence-corrected chi connectivity index (χ0v) is 9.10. The van der Waals surface area contributed by atoms with Crippen molar-refractivity contribution in [3.63, 3.8) is 0 Å². The number of aromatic nitrogens is 1. The van der Waals surface area contributed by atoms with Crippen LogP contribution in [0.5, 0.6) is 0 Å². The highest BCUT2D eigenvalue weighted by molar-refractivity contribution is 5.82. The number of ether oxygens (including phenoxy) is 1. The number of carbonyl (C=O) groups excluding carboxylic acids is 1. The second kappa shape index (κ2) is 5.09. The van der Waals surface area contributed by atoms with Gasteiger partial charge in [-0.15, -0.1) is 0 Å². The van der Waals surface area contributed by atoms with Crippen LogP contribution in [0.25, 0.3) is 0 Å². The third kappa shape index (κ3) is 2.59. The summed E-state index contributed by atoms with van der Waals surface area (Å²) in [6.07, 6.45) is 2.32. The van der Waals surface area contributed by atoms with Gasteiger partial charge in [0, 0.05) is 19.7 Å². The van der Waals surface area contributed by atoms with Crippen LogP contribution in [0, 0.1) is 0 Å². The lowest BCUT2D eigenvalue weighted by atomic mass is 10.2. The Labute approximate surface area is 93.3 Å². The monoisotopic (exact) mass is 225 g/mol. The molecule has 1 aliphatic rings. The van der Waals surface area contributed by atoms with Crippen molar-refractivity contribution in [2.75, 3.05) is 13.7 Å². The maximum atomic E-state index is 11.7. The third-order valence-electron chi connectivity index (χ3n) is 2.68. The van der Waals surface area contributed by atoms with Crippen molar-refractivity contribution in [1.82, 2.24) is 15.8 Å². The van der Waals surface area contributed by atoms with Crippen molar-refractivity contribution in [3.05, 3.63) is 18.0 Å². The predicted octanol–water partition coefficient (Wildman–Crippen LogP) is -0.332. The summed E-state index contributed by atoms with van der Waals surface area (Å²) in [5, 5.41) is 9.61. The second-order valence-corrected chi connectivity index (χ2v) is 3.76. The summed E-state index contributed by atoms with van der Waals surface area (Å²) in [5.74, 6) is -0.0254. The van der Waals surface area contributed by atoms with Crippen LogP contribution < -0.4 is 10.6 Å². The van der Waals surface area contributed by atoms with E-state index in [9.17, 15) is 4.79 Å². The second-order valence-electron chi connectivity index (χ2n) is 3.76. The van der Waals surface area contributed by atoms with Crippen molar-refractivity contribution in [2.24, 2.45) is 0 Å². The lowest BCUT2D eigenvalue weighted by molar-refractivity contribution is -0.123. The van der Waals surface area contributed by atoms with Crippen LogP contribution in [0.2, 0.25) is 0 Å². The first-order valence-electron chi connectivity index (χ1n) is 5.22. The number of methoxy groups -OCH3 is 1. The minimum atomic E-state index is -0.170. The summed E-state index contributed by atoms with van der Waals surface area (Å²) >= 11 is 0. The largest absolute Gasteiger partial charge is 0.380 e. The number of nitrogens with zero attached hydrogens (tertiary/aromatic N) is 1. The molecule has 1 amide bonds. The number of nitrogens with one attached hydrogen (secondary N) is 2. The number of hydrogen-bond acceptors (Lipinski definition) is 5. The zero-order chi connectivity index (χ0) is 11.4. The Bertz CT molecular complexity index is 339. The lowest BCUT2D eigenvalue weighted by Gasteiger charge is -2.09. The fraction of sp³-hybridized carbons (Fsp3) is 0.600. The molecule has 1 aromatic rings. The van der Waals surface area contributed by atoms with Crippen molar-refractivity contribution in [1.29, 1.82) is 0 Å². The minimum Gasteiger partial charge on any atom is -0.380 e. The topological polar surface area (TPSA) is 76.4 Å². The molecule has 2 heterocycles. The highest BCUT2D eigenvalue weighted by atomic mass is 16.5. The summed E-state index contributed by atoms with van der Waals surface area (Å²) in [4.78, 5) is 11.7. The molecule has 0 radical (unpaired) electrons. The molecular weight excluding hydrogens is 210 g/mol. The molecule has 1 fully saturated rings. The van der Waals surface area contributed by atoms with Crippen LogP contribution in [0.15, 0.2) is 16.9 Å². The third-order valence-corrected chi connectivity index (χ3v) is 2.68. The van der Waals surface area contributed by atoms with Crippen LogP contribution in [-0.2, 0) is 16.1 Å². The van der Waals surface area contributed by atoms with E-state index in [-0.39, 0.29) is 18.1 Å². The predicted molar refractivity (Wildman–Crippen MR) is 55.6 cm³/mol. The fourth-order valence-electron chi connectivity index (χ4n) is 1.71. The van der Waals surface area contributed by atoms with Gasteiger partial charge in [0.2, 0.25) is 5.91 Å². The molecule has 1 saturated heterocycles. The van der Waals surface area contributed by atoms with Gasteiger partial charge in [0.25, 0.3) is 0 Å². The van der Waals surface area contributed by atoms with E-state index >= 15 is 0 Å². The van der Waals surface area contributed by atoms with E-state index in [0.717, 1.165) is 12.2 Å². The Morgan fingerprint density at radius 2 is 2.69 bits per heavy atom. The molecule has 88 valence electrons. The van der Waals surface area contributed by atoms with Crippen molar-refractivity contribution in [3.8, 4) is 0 Å². The molecule has 6 nitrogen and oxygen atoms in total. The van der Waals surface area contributed by atoms with E-state index in [1.165, 1.54) is 6.26 Å². The molecule has 6 heteroatoms. The van der Waals surface area contributed by atoms with Crippen LogP contribution in [0.4, 0.5) is 0 Å². The van der Waals surface area contributed by atoms with Gasteiger partial charge in [0.15, 0.2) is 0 Å². The first-order valence-corrected chi connectivity index (χ1v) is 5.22. The van der Waals surface area contributed by atoms with E-state index in [1.807, 2.05) is 0 Å². The van der Waals surface area contributed by atoms with Crippen LogP contribution in [-0.4, -0.2) is 36.9 Å². The molecular formula is C10H15N3O3. The average molecular weight is 225 g/mol. The van der Waals surface area contributed by atoms with E-state index in [4.69, 9.17) is 4.74 Å². The lowest BCUT2D eigenvalue weighted by Crippen LogP contribution is -2.40. The molecule has 0 bridgehead atoms. The van der Waals surface area contributed by atoms with Crippen LogP contribution in [0.1, 0.15) is 12.1 Å². The van der Waals surface area contributed by atoms with Gasteiger partial charge in [0.1, 0.15) is 12.0 Å². The van der Waals surface area contributed by atoms with Crippen molar-refractivity contribution < 1.29 is 14.1 Å². The number of carbonyl (C=O) groups is 1. The van der Waals surface area contributed by atoms with Gasteiger partial charge in [-0.05, 0) is 6.42 Å². The molecule has 16 heavy (non-hydrogen) atoms. The fourth-order valence-corrected chi connectivity index (χ4v) is 1.71. The Kier molecular flexibility index (Phi) is 3.53. The Morgan fingerprint density at radius 1 is 1.81 bits per heavy atom. The maximum absolute atomic E-state index is 11.7. The summed E-state index contributed by atoms with van der Waals surface area (Å²) < 4.78 is 9.84. The SMILES string of the molecule is COC1CNC(C(=O)NCc2ccon2)C1. The van der Waals surface area contributed by atoms with Crippen LogP contribution >= 0.6 is 0 Å². The maximum Gasteiger partial charge on any atom is 0.237 e. The van der Waals surface area contributed by atoms with E-state index in [2.05, 4.69) is 20.3 Å². The van der Waals surface area contributed by atoms with Gasteiger partial charge in [-0.25, -0.2) is 0 Å². The number of hydrogen-bond donors (Lipinski definition) is 2. The van der Waals surface area contributed by atoms with E-state index in [0.29, 0.717) is 13.0 Å². The molecule has 0 spiro atoms. The molecule has 1 aromatic heterocycles. The summed E-state index contributed by atoms with van der Waals surface area (Å²) in [5.41, 5.74) is 0.717. The minimum absolute atomic E-state index is 0.0254. The molecule has 2 N–H and O–H groups in total. The van der Waals surface area contributed by atoms with Gasteiger partial charge in [0.05, 0.1) is 18.7 Å². The Morgan fingerprint density at radius 3 is 3.31 bits per heavy atom. The number of amides is 1. The van der Waals surface area contributed by atoms with E-state index in [1.54, 1.807) is 13.2 Å². The highest BCUT2D eigenvalue weighted by Crippen LogP contribution is 2.09. The Balaban J connectivity index is 1.76. The van der Waals surface area contributed by atoms with Gasteiger partial charge < -0.3 is 19.9 Å². The molecule has 0 aliphatic carbocycles. The van der Waals surface area contributed by atoms with Gasteiger partial charge in [-0.3, -0.25) is 4.79 Å². The quantitative estimate of drug-likeness (QED) is 0.733.